The minimum atomic E-state index is -0.565. The molecular formula is C22H22BrN3O. The zero-order chi connectivity index (χ0) is 18.6. The van der Waals surface area contributed by atoms with E-state index in [4.69, 9.17) is 5.10 Å². The Morgan fingerprint density at radius 1 is 1.15 bits per heavy atom. The number of carbonyl (C=O) groups is 1. The van der Waals surface area contributed by atoms with Gasteiger partial charge in [-0.15, -0.1) is 0 Å². The molecule has 1 saturated heterocycles. The van der Waals surface area contributed by atoms with Crippen molar-refractivity contribution >= 4 is 38.9 Å². The smallest absolute Gasteiger partial charge is 0.261 e. The molecule has 0 N–H and O–H groups in total. The molecule has 138 valence electrons. The van der Waals surface area contributed by atoms with Crippen molar-refractivity contribution in [3.05, 3.63) is 58.6 Å². The number of amides is 1. The first-order valence-electron chi connectivity index (χ1n) is 9.61. The topological polar surface area (TPSA) is 35.9 Å². The molecule has 0 saturated carbocycles. The quantitative estimate of drug-likeness (QED) is 0.661. The van der Waals surface area contributed by atoms with Crippen LogP contribution in [0.25, 0.3) is 0 Å². The van der Waals surface area contributed by atoms with E-state index in [0.717, 1.165) is 35.3 Å². The number of halogens is 1. The van der Waals surface area contributed by atoms with Gasteiger partial charge in [0.2, 0.25) is 0 Å². The second-order valence-corrected chi connectivity index (χ2v) is 8.68. The van der Waals surface area contributed by atoms with Gasteiger partial charge in [-0.2, -0.15) is 10.1 Å². The zero-order valence-electron chi connectivity index (χ0n) is 15.4. The Morgan fingerprint density at radius 2 is 1.96 bits per heavy atom. The van der Waals surface area contributed by atoms with Crippen LogP contribution >= 0.6 is 15.9 Å². The number of para-hydroxylation sites is 1. The van der Waals surface area contributed by atoms with Gasteiger partial charge in [-0.1, -0.05) is 34.1 Å². The summed E-state index contributed by atoms with van der Waals surface area (Å²) in [6.45, 7) is 3.05. The van der Waals surface area contributed by atoms with E-state index in [1.54, 1.807) is 5.01 Å². The lowest BCUT2D eigenvalue weighted by molar-refractivity contribution is -0.125. The lowest BCUT2D eigenvalue weighted by Crippen LogP contribution is -2.61. The average Bonchev–Trinajstić information content (AvgIpc) is 2.94. The fourth-order valence-corrected chi connectivity index (χ4v) is 5.49. The second kappa shape index (κ2) is 6.20. The normalized spacial score (nSPS) is 26.8. The van der Waals surface area contributed by atoms with E-state index in [1.807, 2.05) is 37.3 Å². The molecule has 27 heavy (non-hydrogen) atoms. The maximum absolute atomic E-state index is 13.8. The molecule has 0 aliphatic carbocycles. The van der Waals surface area contributed by atoms with Gasteiger partial charge in [0.25, 0.3) is 5.91 Å². The predicted molar refractivity (Wildman–Crippen MR) is 112 cm³/mol. The van der Waals surface area contributed by atoms with Gasteiger partial charge in [-0.25, -0.2) is 0 Å². The molecule has 5 heteroatoms. The summed E-state index contributed by atoms with van der Waals surface area (Å²) in [4.78, 5) is 16.3. The third kappa shape index (κ3) is 2.40. The van der Waals surface area contributed by atoms with Crippen molar-refractivity contribution in [1.82, 2.24) is 0 Å². The molecule has 2 aromatic rings. The number of piperidine rings is 1. The van der Waals surface area contributed by atoms with Crippen molar-refractivity contribution in [3.63, 3.8) is 0 Å². The molecule has 1 amide bonds. The van der Waals surface area contributed by atoms with Gasteiger partial charge in [-0.3, -0.25) is 4.79 Å². The molecule has 1 fully saturated rings. The molecule has 3 aliphatic rings. The lowest BCUT2D eigenvalue weighted by atomic mass is 9.66. The fourth-order valence-electron chi connectivity index (χ4n) is 5.09. The summed E-state index contributed by atoms with van der Waals surface area (Å²) in [7, 11) is 0. The van der Waals surface area contributed by atoms with E-state index in [1.165, 1.54) is 24.1 Å². The molecule has 4 nitrogen and oxygen atoms in total. The number of nitrogens with zero attached hydrogens (tertiary/aromatic N) is 3. The van der Waals surface area contributed by atoms with Crippen LogP contribution < -0.4 is 9.91 Å². The number of hydrogen-bond donors (Lipinski definition) is 0. The van der Waals surface area contributed by atoms with Crippen molar-refractivity contribution in [2.45, 2.75) is 38.6 Å². The SMILES string of the molecule is CC1=NN(c2ccccc2)C(=O)[C@@]12Cc1cc(Br)ccc1N1CCCC[C@@H]12. The molecule has 2 aromatic carbocycles. The van der Waals surface area contributed by atoms with Crippen molar-refractivity contribution in [3.8, 4) is 0 Å². The van der Waals surface area contributed by atoms with Crippen LogP contribution in [0.3, 0.4) is 0 Å². The summed E-state index contributed by atoms with van der Waals surface area (Å²) in [5, 5.41) is 6.40. The van der Waals surface area contributed by atoms with Crippen LogP contribution in [0, 0.1) is 5.41 Å². The summed E-state index contributed by atoms with van der Waals surface area (Å²) in [6, 6.07) is 16.5. The number of benzene rings is 2. The maximum atomic E-state index is 13.8. The van der Waals surface area contributed by atoms with Crippen molar-refractivity contribution < 1.29 is 4.79 Å². The number of anilines is 2. The molecule has 3 heterocycles. The Kier molecular flexibility index (Phi) is 3.90. The lowest BCUT2D eigenvalue weighted by Gasteiger charge is -2.51. The first-order chi connectivity index (χ1) is 13.1. The third-order valence-corrected chi connectivity index (χ3v) is 6.86. The summed E-state index contributed by atoms with van der Waals surface area (Å²) in [6.07, 6.45) is 4.10. The highest BCUT2D eigenvalue weighted by Gasteiger charge is 2.59. The number of fused-ring (bicyclic) bond motifs is 4. The second-order valence-electron chi connectivity index (χ2n) is 7.76. The predicted octanol–water partition coefficient (Wildman–Crippen LogP) is 4.77. The number of hydrogen-bond acceptors (Lipinski definition) is 3. The Labute approximate surface area is 168 Å². The largest absolute Gasteiger partial charge is 0.367 e. The van der Waals surface area contributed by atoms with Gasteiger partial charge >= 0.3 is 0 Å². The monoisotopic (exact) mass is 423 g/mol. The van der Waals surface area contributed by atoms with Crippen molar-refractivity contribution in [2.75, 3.05) is 16.5 Å². The van der Waals surface area contributed by atoms with Gasteiger partial charge < -0.3 is 4.90 Å². The van der Waals surface area contributed by atoms with E-state index >= 15 is 0 Å². The van der Waals surface area contributed by atoms with E-state index in [2.05, 4.69) is 39.0 Å². The Bertz CT molecular complexity index is 942. The van der Waals surface area contributed by atoms with Gasteiger partial charge in [0, 0.05) is 22.7 Å². The van der Waals surface area contributed by atoms with Crippen LogP contribution in [-0.4, -0.2) is 24.2 Å². The molecule has 0 radical (unpaired) electrons. The van der Waals surface area contributed by atoms with E-state index < -0.39 is 5.41 Å². The highest BCUT2D eigenvalue weighted by Crippen LogP contribution is 2.50. The number of rotatable bonds is 1. The molecular weight excluding hydrogens is 402 g/mol. The fraction of sp³-hybridized carbons (Fsp3) is 0.364. The number of hydrazone groups is 1. The van der Waals surface area contributed by atoms with Gasteiger partial charge in [0.15, 0.2) is 0 Å². The van der Waals surface area contributed by atoms with Gasteiger partial charge in [0.05, 0.1) is 11.4 Å². The first-order valence-corrected chi connectivity index (χ1v) is 10.4. The Morgan fingerprint density at radius 3 is 2.78 bits per heavy atom. The van der Waals surface area contributed by atoms with Gasteiger partial charge in [-0.05, 0) is 68.5 Å². The van der Waals surface area contributed by atoms with Crippen LogP contribution in [0.2, 0.25) is 0 Å². The first kappa shape index (κ1) is 17.0. The minimum absolute atomic E-state index is 0.119. The highest BCUT2D eigenvalue weighted by atomic mass is 79.9. The van der Waals surface area contributed by atoms with Crippen LogP contribution in [0.15, 0.2) is 58.1 Å². The van der Waals surface area contributed by atoms with E-state index in [0.29, 0.717) is 0 Å². The maximum Gasteiger partial charge on any atom is 0.261 e. The standard InChI is InChI=1S/C22H22BrN3O/c1-15-22(21(27)26(24-15)18-7-3-2-4-8-18)14-16-13-17(23)10-11-19(16)25-12-6-5-9-20(22)25/h2-4,7-8,10-11,13,20H,5-6,9,12,14H2,1H3/t20-,22+/m1/s1. The molecule has 0 aromatic heterocycles. The van der Waals surface area contributed by atoms with E-state index in [9.17, 15) is 4.79 Å². The summed E-state index contributed by atoms with van der Waals surface area (Å²) in [5.41, 5.74) is 3.75. The van der Waals surface area contributed by atoms with Crippen LogP contribution in [0.5, 0.6) is 0 Å². The Hall–Kier alpha value is -2.14. The average molecular weight is 424 g/mol. The summed E-state index contributed by atoms with van der Waals surface area (Å²) >= 11 is 3.61. The number of carbonyl (C=O) groups excluding carboxylic acids is 1. The van der Waals surface area contributed by atoms with E-state index in [-0.39, 0.29) is 11.9 Å². The highest BCUT2D eigenvalue weighted by molar-refractivity contribution is 9.10. The van der Waals surface area contributed by atoms with Crippen molar-refractivity contribution in [1.29, 1.82) is 0 Å². The third-order valence-electron chi connectivity index (χ3n) is 6.36. The van der Waals surface area contributed by atoms with Crippen LogP contribution in [0.1, 0.15) is 31.7 Å². The zero-order valence-corrected chi connectivity index (χ0v) is 16.9. The molecule has 2 atom stereocenters. The summed E-state index contributed by atoms with van der Waals surface area (Å²) < 4.78 is 1.06. The molecule has 1 spiro atoms. The van der Waals surface area contributed by atoms with Crippen LogP contribution in [0.4, 0.5) is 11.4 Å². The molecule has 3 aliphatic heterocycles. The summed E-state index contributed by atoms with van der Waals surface area (Å²) in [5.74, 6) is 0.119. The minimum Gasteiger partial charge on any atom is -0.367 e. The Balaban J connectivity index is 1.65. The van der Waals surface area contributed by atoms with Gasteiger partial charge in [0.1, 0.15) is 5.41 Å². The molecule has 0 unspecified atom stereocenters. The molecule has 5 rings (SSSR count). The van der Waals surface area contributed by atoms with Crippen LogP contribution in [-0.2, 0) is 11.2 Å². The molecule has 0 bridgehead atoms. The van der Waals surface area contributed by atoms with Crippen molar-refractivity contribution in [2.24, 2.45) is 10.5 Å².